The summed E-state index contributed by atoms with van der Waals surface area (Å²) in [5.74, 6) is 0. The molecule has 0 unspecified atom stereocenters. The smallest absolute Gasteiger partial charge is 0.184 e. The van der Waals surface area contributed by atoms with Crippen molar-refractivity contribution in [1.29, 1.82) is 0 Å². The maximum atomic E-state index is 5.20. The number of halogens is 1. The van der Waals surface area contributed by atoms with Crippen LogP contribution in [0.1, 0.15) is 5.56 Å². The van der Waals surface area contributed by atoms with E-state index in [1.807, 2.05) is 36.4 Å². The van der Waals surface area contributed by atoms with Gasteiger partial charge in [0.1, 0.15) is 0 Å². The van der Waals surface area contributed by atoms with Crippen molar-refractivity contribution in [2.75, 3.05) is 0 Å². The highest BCUT2D eigenvalue weighted by Crippen LogP contribution is 2.09. The molecular formula is C10H10BrN3S. The van der Waals surface area contributed by atoms with Crippen molar-refractivity contribution in [3.8, 4) is 0 Å². The summed E-state index contributed by atoms with van der Waals surface area (Å²) in [7, 11) is 0. The van der Waals surface area contributed by atoms with Crippen LogP contribution in [0, 0.1) is 0 Å². The van der Waals surface area contributed by atoms with Crippen LogP contribution in [0.25, 0.3) is 6.08 Å². The average molecular weight is 284 g/mol. The molecule has 0 aliphatic rings. The van der Waals surface area contributed by atoms with Crippen molar-refractivity contribution < 1.29 is 0 Å². The molecule has 0 heterocycles. The minimum Gasteiger partial charge on any atom is -0.375 e. The van der Waals surface area contributed by atoms with Gasteiger partial charge in [-0.1, -0.05) is 30.3 Å². The van der Waals surface area contributed by atoms with E-state index >= 15 is 0 Å². The molecule has 0 saturated carbocycles. The Bertz CT molecular complexity index is 387. The summed E-state index contributed by atoms with van der Waals surface area (Å²) < 4.78 is 0.831. The fourth-order valence-electron chi connectivity index (χ4n) is 0.903. The Hall–Kier alpha value is -1.20. The molecule has 0 bridgehead atoms. The zero-order valence-corrected chi connectivity index (χ0v) is 10.3. The van der Waals surface area contributed by atoms with Gasteiger partial charge in [0.05, 0.1) is 6.21 Å². The second-order valence-electron chi connectivity index (χ2n) is 2.67. The predicted molar refractivity (Wildman–Crippen MR) is 71.8 cm³/mol. The standard InChI is InChI=1S/C10H10BrN3S/c11-9(7-13-14-10(12)15)6-8-4-2-1-3-5-8/h1-7H,(H3,12,14,15)/b9-6+,13-7-. The van der Waals surface area contributed by atoms with Crippen molar-refractivity contribution in [3.05, 3.63) is 40.4 Å². The van der Waals surface area contributed by atoms with Crippen LogP contribution in [0.15, 0.2) is 39.9 Å². The number of allylic oxidation sites excluding steroid dienone is 1. The second-order valence-corrected chi connectivity index (χ2v) is 4.03. The number of hydrazone groups is 1. The fraction of sp³-hybridized carbons (Fsp3) is 0. The Balaban J connectivity index is 2.61. The maximum Gasteiger partial charge on any atom is 0.184 e. The Kier molecular flexibility index (Phi) is 5.00. The number of nitrogens with one attached hydrogen (secondary N) is 1. The first-order chi connectivity index (χ1) is 7.18. The van der Waals surface area contributed by atoms with Gasteiger partial charge in [-0.05, 0) is 39.8 Å². The summed E-state index contributed by atoms with van der Waals surface area (Å²) in [6.07, 6.45) is 3.52. The molecule has 15 heavy (non-hydrogen) atoms. The maximum absolute atomic E-state index is 5.20. The summed E-state index contributed by atoms with van der Waals surface area (Å²) in [6.45, 7) is 0. The first-order valence-corrected chi connectivity index (χ1v) is 5.39. The molecule has 0 aromatic heterocycles. The molecular weight excluding hydrogens is 274 g/mol. The Labute approximate surface area is 102 Å². The van der Waals surface area contributed by atoms with Crippen LogP contribution >= 0.6 is 28.1 Å². The molecule has 1 rings (SSSR count). The van der Waals surface area contributed by atoms with Gasteiger partial charge in [-0.2, -0.15) is 5.10 Å². The lowest BCUT2D eigenvalue weighted by molar-refractivity contribution is 1.04. The van der Waals surface area contributed by atoms with E-state index in [-0.39, 0.29) is 5.11 Å². The zero-order valence-electron chi connectivity index (χ0n) is 7.85. The van der Waals surface area contributed by atoms with E-state index in [2.05, 4.69) is 38.7 Å². The van der Waals surface area contributed by atoms with Crippen LogP contribution < -0.4 is 11.2 Å². The van der Waals surface area contributed by atoms with Crippen LogP contribution in [-0.2, 0) is 0 Å². The highest BCUT2D eigenvalue weighted by molar-refractivity contribution is 9.12. The number of thiocarbonyl (C=S) groups is 1. The first kappa shape index (κ1) is 11.9. The van der Waals surface area contributed by atoms with Gasteiger partial charge in [0.2, 0.25) is 0 Å². The van der Waals surface area contributed by atoms with Crippen molar-refractivity contribution in [2.45, 2.75) is 0 Å². The van der Waals surface area contributed by atoms with E-state index in [4.69, 9.17) is 5.73 Å². The van der Waals surface area contributed by atoms with Gasteiger partial charge in [0.15, 0.2) is 5.11 Å². The summed E-state index contributed by atoms with van der Waals surface area (Å²) in [5.41, 5.74) is 8.76. The molecule has 0 aliphatic carbocycles. The van der Waals surface area contributed by atoms with E-state index in [0.29, 0.717) is 0 Å². The second kappa shape index (κ2) is 6.31. The van der Waals surface area contributed by atoms with Crippen LogP contribution in [0.3, 0.4) is 0 Å². The van der Waals surface area contributed by atoms with E-state index < -0.39 is 0 Å². The lowest BCUT2D eigenvalue weighted by Crippen LogP contribution is -2.23. The number of hydrogen-bond donors (Lipinski definition) is 2. The summed E-state index contributed by atoms with van der Waals surface area (Å²) >= 11 is 7.95. The molecule has 3 nitrogen and oxygen atoms in total. The van der Waals surface area contributed by atoms with E-state index in [9.17, 15) is 0 Å². The van der Waals surface area contributed by atoms with Crippen LogP contribution in [0.2, 0.25) is 0 Å². The van der Waals surface area contributed by atoms with Crippen LogP contribution in [0.5, 0.6) is 0 Å². The highest BCUT2D eigenvalue weighted by atomic mass is 79.9. The molecule has 0 fully saturated rings. The highest BCUT2D eigenvalue weighted by Gasteiger charge is 1.88. The molecule has 1 aromatic rings. The molecule has 0 spiro atoms. The third kappa shape index (κ3) is 5.29. The number of nitrogens with zero attached hydrogens (tertiary/aromatic N) is 1. The molecule has 5 heteroatoms. The van der Waals surface area contributed by atoms with Gasteiger partial charge in [-0.25, -0.2) is 0 Å². The minimum atomic E-state index is 0.145. The summed E-state index contributed by atoms with van der Waals surface area (Å²) in [5, 5.41) is 3.96. The average Bonchev–Trinajstić information content (AvgIpc) is 2.18. The topological polar surface area (TPSA) is 50.4 Å². The number of hydrogen-bond acceptors (Lipinski definition) is 2. The molecule has 0 aliphatic heterocycles. The van der Waals surface area contributed by atoms with Gasteiger partial charge in [-0.15, -0.1) is 0 Å². The normalized spacial score (nSPS) is 11.7. The molecule has 0 saturated heterocycles. The van der Waals surface area contributed by atoms with Crippen LogP contribution in [0.4, 0.5) is 0 Å². The van der Waals surface area contributed by atoms with Crippen molar-refractivity contribution in [3.63, 3.8) is 0 Å². The Morgan fingerprint density at radius 3 is 2.67 bits per heavy atom. The lowest BCUT2D eigenvalue weighted by Gasteiger charge is -1.94. The molecule has 78 valence electrons. The Morgan fingerprint density at radius 2 is 2.07 bits per heavy atom. The monoisotopic (exact) mass is 283 g/mol. The van der Waals surface area contributed by atoms with Crippen molar-refractivity contribution in [2.24, 2.45) is 10.8 Å². The molecule has 1 aromatic carbocycles. The quantitative estimate of drug-likeness (QED) is 0.508. The van der Waals surface area contributed by atoms with E-state index in [0.717, 1.165) is 10.0 Å². The number of nitrogens with two attached hydrogens (primary N) is 1. The SMILES string of the molecule is NC(=S)N/N=C\C(Br)=C/c1ccccc1. The molecule has 0 radical (unpaired) electrons. The molecule has 0 amide bonds. The van der Waals surface area contributed by atoms with Gasteiger partial charge >= 0.3 is 0 Å². The zero-order chi connectivity index (χ0) is 11.1. The largest absolute Gasteiger partial charge is 0.375 e. The van der Waals surface area contributed by atoms with Gasteiger partial charge in [0.25, 0.3) is 0 Å². The summed E-state index contributed by atoms with van der Waals surface area (Å²) in [6, 6.07) is 9.90. The van der Waals surface area contributed by atoms with Gasteiger partial charge < -0.3 is 5.73 Å². The Morgan fingerprint density at radius 1 is 1.40 bits per heavy atom. The third-order valence-electron chi connectivity index (χ3n) is 1.47. The predicted octanol–water partition coefficient (Wildman–Crippen LogP) is 2.24. The minimum absolute atomic E-state index is 0.145. The lowest BCUT2D eigenvalue weighted by atomic mass is 10.2. The van der Waals surface area contributed by atoms with E-state index in [1.54, 1.807) is 6.21 Å². The first-order valence-electron chi connectivity index (χ1n) is 4.19. The number of rotatable bonds is 3. The van der Waals surface area contributed by atoms with Crippen LogP contribution in [-0.4, -0.2) is 11.3 Å². The van der Waals surface area contributed by atoms with Gasteiger partial charge in [-0.3, -0.25) is 5.43 Å². The summed E-state index contributed by atoms with van der Waals surface area (Å²) in [4.78, 5) is 0. The fourth-order valence-corrected chi connectivity index (χ4v) is 1.32. The van der Waals surface area contributed by atoms with E-state index in [1.165, 1.54) is 0 Å². The van der Waals surface area contributed by atoms with Crippen molar-refractivity contribution >= 4 is 45.6 Å². The molecule has 0 atom stereocenters. The van der Waals surface area contributed by atoms with Crippen molar-refractivity contribution in [1.82, 2.24) is 5.43 Å². The molecule has 3 N–H and O–H groups in total. The number of benzene rings is 1. The van der Waals surface area contributed by atoms with Gasteiger partial charge in [0, 0.05) is 4.48 Å². The third-order valence-corrected chi connectivity index (χ3v) is 1.99.